The lowest BCUT2D eigenvalue weighted by molar-refractivity contribution is -0.121. The quantitative estimate of drug-likeness (QED) is 0.593. The van der Waals surface area contributed by atoms with E-state index < -0.39 is 0 Å². The van der Waals surface area contributed by atoms with Crippen molar-refractivity contribution in [1.82, 2.24) is 14.7 Å². The van der Waals surface area contributed by atoms with Crippen LogP contribution in [0.15, 0.2) is 45.7 Å². The van der Waals surface area contributed by atoms with Gasteiger partial charge in [-0.15, -0.1) is 22.7 Å². The van der Waals surface area contributed by atoms with Crippen molar-refractivity contribution in [3.63, 3.8) is 0 Å². The molecule has 6 nitrogen and oxygen atoms in total. The number of halogens is 1. The number of carbonyl (C=O) groups is 2. The monoisotopic (exact) mass is 478 g/mol. The van der Waals surface area contributed by atoms with Crippen molar-refractivity contribution in [1.29, 1.82) is 0 Å². The van der Waals surface area contributed by atoms with Crippen LogP contribution < -0.4 is 5.32 Å². The molecule has 1 fully saturated rings. The van der Waals surface area contributed by atoms with Crippen LogP contribution in [0, 0.1) is 5.92 Å². The van der Waals surface area contributed by atoms with Gasteiger partial charge < -0.3 is 10.2 Å². The number of piperidine rings is 1. The molecule has 0 unspecified atom stereocenters. The van der Waals surface area contributed by atoms with Crippen LogP contribution in [0.3, 0.4) is 0 Å². The van der Waals surface area contributed by atoms with E-state index in [-0.39, 0.29) is 17.7 Å². The van der Waals surface area contributed by atoms with Gasteiger partial charge in [0, 0.05) is 33.9 Å². The molecule has 0 bridgehead atoms. The Labute approximate surface area is 179 Å². The summed E-state index contributed by atoms with van der Waals surface area (Å²) in [6, 6.07) is 7.56. The van der Waals surface area contributed by atoms with E-state index in [4.69, 9.17) is 0 Å². The molecular formula is C19H19BrN4O2S2. The molecule has 146 valence electrons. The maximum atomic E-state index is 12.8. The maximum absolute atomic E-state index is 12.8. The highest BCUT2D eigenvalue weighted by molar-refractivity contribution is 9.10. The number of anilines is 1. The minimum absolute atomic E-state index is 0.0146. The largest absolute Gasteiger partial charge is 0.337 e. The molecular weight excluding hydrogens is 460 g/mol. The number of amides is 2. The fourth-order valence-electron chi connectivity index (χ4n) is 3.31. The Balaban J connectivity index is 1.40. The average Bonchev–Trinajstić information content (AvgIpc) is 3.45. The second-order valence-electron chi connectivity index (χ2n) is 6.66. The van der Waals surface area contributed by atoms with Gasteiger partial charge in [0.25, 0.3) is 5.91 Å². The first-order valence-corrected chi connectivity index (χ1v) is 11.5. The van der Waals surface area contributed by atoms with Crippen LogP contribution in [0.5, 0.6) is 0 Å². The van der Waals surface area contributed by atoms with Crippen LogP contribution in [0.4, 0.5) is 5.82 Å². The number of thiophene rings is 2. The highest BCUT2D eigenvalue weighted by Gasteiger charge is 2.29. The van der Waals surface area contributed by atoms with Crippen molar-refractivity contribution in [3.05, 3.63) is 55.4 Å². The normalized spacial score (nSPS) is 16.9. The first-order chi connectivity index (χ1) is 13.6. The number of nitrogens with zero attached hydrogens (tertiary/aromatic N) is 3. The summed E-state index contributed by atoms with van der Waals surface area (Å²) < 4.78 is 2.83. The van der Waals surface area contributed by atoms with Gasteiger partial charge in [0.15, 0.2) is 0 Å². The third kappa shape index (κ3) is 4.37. The molecule has 3 aromatic heterocycles. The number of aromatic nitrogens is 2. The SMILES string of the molecule is O=C(Nc1ccnn1Cc1cc(Br)cs1)[C@H]1CCCN(C(=O)c2cccs2)C1. The van der Waals surface area contributed by atoms with Crippen LogP contribution in [-0.4, -0.2) is 39.6 Å². The predicted octanol–water partition coefficient (Wildman–Crippen LogP) is 4.31. The Hall–Kier alpha value is -1.97. The molecule has 1 N–H and O–H groups in total. The molecule has 1 atom stereocenters. The van der Waals surface area contributed by atoms with Gasteiger partial charge in [-0.1, -0.05) is 6.07 Å². The van der Waals surface area contributed by atoms with Crippen molar-refractivity contribution >= 4 is 56.2 Å². The average molecular weight is 479 g/mol. The molecule has 1 saturated heterocycles. The third-order valence-corrected chi connectivity index (χ3v) is 7.25. The van der Waals surface area contributed by atoms with Crippen molar-refractivity contribution in [3.8, 4) is 0 Å². The Morgan fingerprint density at radius 3 is 2.96 bits per heavy atom. The Morgan fingerprint density at radius 1 is 1.32 bits per heavy atom. The molecule has 0 saturated carbocycles. The summed E-state index contributed by atoms with van der Waals surface area (Å²) in [5, 5.41) is 11.3. The Morgan fingerprint density at radius 2 is 2.21 bits per heavy atom. The van der Waals surface area contributed by atoms with E-state index in [9.17, 15) is 9.59 Å². The summed E-state index contributed by atoms with van der Waals surface area (Å²) in [5.74, 6) is 0.423. The lowest BCUT2D eigenvalue weighted by Crippen LogP contribution is -2.43. The predicted molar refractivity (Wildman–Crippen MR) is 115 cm³/mol. The van der Waals surface area contributed by atoms with Crippen molar-refractivity contribution in [2.45, 2.75) is 19.4 Å². The number of likely N-dealkylation sites (tertiary alicyclic amines) is 1. The molecule has 28 heavy (non-hydrogen) atoms. The zero-order valence-corrected chi connectivity index (χ0v) is 18.2. The molecule has 3 aromatic rings. The highest BCUT2D eigenvalue weighted by Crippen LogP contribution is 2.24. The van der Waals surface area contributed by atoms with Crippen LogP contribution in [0.1, 0.15) is 27.4 Å². The number of rotatable bonds is 5. The number of nitrogens with one attached hydrogen (secondary N) is 1. The smallest absolute Gasteiger partial charge is 0.263 e. The number of hydrogen-bond acceptors (Lipinski definition) is 5. The fraction of sp³-hybridized carbons (Fsp3) is 0.316. The molecule has 0 spiro atoms. The lowest BCUT2D eigenvalue weighted by atomic mass is 9.97. The second kappa shape index (κ2) is 8.59. The third-order valence-electron chi connectivity index (χ3n) is 4.71. The van der Waals surface area contributed by atoms with E-state index in [1.165, 1.54) is 11.3 Å². The zero-order valence-electron chi connectivity index (χ0n) is 15.0. The van der Waals surface area contributed by atoms with E-state index >= 15 is 0 Å². The van der Waals surface area contributed by atoms with Crippen LogP contribution in [-0.2, 0) is 11.3 Å². The molecule has 4 heterocycles. The minimum atomic E-state index is -0.211. The fourth-order valence-corrected chi connectivity index (χ4v) is 5.43. The van der Waals surface area contributed by atoms with Crippen molar-refractivity contribution in [2.75, 3.05) is 18.4 Å². The van der Waals surface area contributed by atoms with Gasteiger partial charge in [-0.25, -0.2) is 4.68 Å². The summed E-state index contributed by atoms with van der Waals surface area (Å²) in [5.41, 5.74) is 0. The van der Waals surface area contributed by atoms with Crippen molar-refractivity contribution < 1.29 is 9.59 Å². The maximum Gasteiger partial charge on any atom is 0.263 e. The van der Waals surface area contributed by atoms with Crippen LogP contribution in [0.25, 0.3) is 0 Å². The van der Waals surface area contributed by atoms with Gasteiger partial charge in [-0.05, 0) is 46.3 Å². The van der Waals surface area contributed by atoms with Gasteiger partial charge >= 0.3 is 0 Å². The molecule has 0 aromatic carbocycles. The summed E-state index contributed by atoms with van der Waals surface area (Å²) >= 11 is 6.54. The first-order valence-electron chi connectivity index (χ1n) is 8.98. The summed E-state index contributed by atoms with van der Waals surface area (Å²) in [4.78, 5) is 29.1. The van der Waals surface area contributed by atoms with E-state index in [1.807, 2.05) is 29.0 Å². The second-order valence-corrected chi connectivity index (χ2v) is 9.52. The summed E-state index contributed by atoms with van der Waals surface area (Å²) in [6.45, 7) is 1.76. The van der Waals surface area contributed by atoms with Crippen LogP contribution >= 0.6 is 38.6 Å². The molecule has 1 aliphatic rings. The molecule has 9 heteroatoms. The standard InChI is InChI=1S/C19H19BrN4O2S2/c20-14-9-15(28-12-14)11-24-17(5-6-21-24)22-18(25)13-3-1-7-23(10-13)19(26)16-4-2-8-27-16/h2,4-6,8-9,12-13H,1,3,7,10-11H2,(H,22,25)/t13-/m0/s1. The Bertz CT molecular complexity index is 966. The number of carbonyl (C=O) groups excluding carboxylic acids is 2. The topological polar surface area (TPSA) is 67.2 Å². The van der Waals surface area contributed by atoms with Gasteiger partial charge in [0.05, 0.1) is 23.5 Å². The molecule has 4 rings (SSSR count). The highest BCUT2D eigenvalue weighted by atomic mass is 79.9. The van der Waals surface area contributed by atoms with Crippen molar-refractivity contribution in [2.24, 2.45) is 5.92 Å². The van der Waals surface area contributed by atoms with Gasteiger partial charge in [0.2, 0.25) is 5.91 Å². The van der Waals surface area contributed by atoms with Gasteiger partial charge in [-0.2, -0.15) is 5.10 Å². The molecule has 2 amide bonds. The number of hydrogen-bond donors (Lipinski definition) is 1. The zero-order chi connectivity index (χ0) is 19.5. The molecule has 1 aliphatic heterocycles. The lowest BCUT2D eigenvalue weighted by Gasteiger charge is -2.31. The summed E-state index contributed by atoms with van der Waals surface area (Å²) in [7, 11) is 0. The summed E-state index contributed by atoms with van der Waals surface area (Å²) in [6.07, 6.45) is 3.30. The minimum Gasteiger partial charge on any atom is -0.337 e. The van der Waals surface area contributed by atoms with Gasteiger partial charge in [0.1, 0.15) is 5.82 Å². The van der Waals surface area contributed by atoms with E-state index in [0.717, 1.165) is 27.1 Å². The first kappa shape index (κ1) is 19.4. The Kier molecular flexibility index (Phi) is 5.93. The van der Waals surface area contributed by atoms with E-state index in [0.29, 0.717) is 25.5 Å². The van der Waals surface area contributed by atoms with E-state index in [1.54, 1.807) is 33.2 Å². The molecule has 0 radical (unpaired) electrons. The molecule has 0 aliphatic carbocycles. The van der Waals surface area contributed by atoms with Gasteiger partial charge in [-0.3, -0.25) is 9.59 Å². The van der Waals surface area contributed by atoms with E-state index in [2.05, 4.69) is 26.3 Å². The van der Waals surface area contributed by atoms with Crippen LogP contribution in [0.2, 0.25) is 0 Å².